The monoisotopic (exact) mass is 400 g/mol. The molecule has 0 saturated carbocycles. The topological polar surface area (TPSA) is 58.6 Å². The number of ether oxygens (including phenoxy) is 1. The van der Waals surface area contributed by atoms with Gasteiger partial charge in [0, 0.05) is 13.1 Å². The van der Waals surface area contributed by atoms with Crippen molar-refractivity contribution >= 4 is 16.1 Å². The molecule has 1 aliphatic heterocycles. The second kappa shape index (κ2) is 8.67. The molecule has 1 saturated heterocycles. The Labute approximate surface area is 159 Å². The molecule has 3 rings (SSSR count). The molecule has 1 fully saturated rings. The van der Waals surface area contributed by atoms with Gasteiger partial charge in [0.25, 0.3) is 0 Å². The Bertz CT molecular complexity index is 788. The van der Waals surface area contributed by atoms with Crippen molar-refractivity contribution in [3.8, 4) is 5.75 Å². The molecule has 0 amide bonds. The van der Waals surface area contributed by atoms with Gasteiger partial charge >= 0.3 is 6.61 Å². The molecule has 1 aromatic rings. The lowest BCUT2D eigenvalue weighted by Crippen LogP contribution is -2.39. The van der Waals surface area contributed by atoms with Crippen LogP contribution in [-0.4, -0.2) is 46.1 Å². The minimum absolute atomic E-state index is 0.0948. The molecular weight excluding hydrogens is 374 g/mol. The Morgan fingerprint density at radius 3 is 2.70 bits per heavy atom. The number of nitrogens with zero attached hydrogens (tertiary/aromatic N) is 1. The zero-order valence-corrected chi connectivity index (χ0v) is 16.3. The largest absolute Gasteiger partial charge is 0.435 e. The van der Waals surface area contributed by atoms with E-state index in [0.717, 1.165) is 43.0 Å². The van der Waals surface area contributed by atoms with E-state index >= 15 is 0 Å². The van der Waals surface area contributed by atoms with Gasteiger partial charge in [-0.3, -0.25) is 0 Å². The summed E-state index contributed by atoms with van der Waals surface area (Å²) in [6, 6.07) is 4.60. The fourth-order valence-corrected chi connectivity index (χ4v) is 4.75. The zero-order chi connectivity index (χ0) is 19.4. The first-order chi connectivity index (χ1) is 12.8. The predicted octanol–water partition coefficient (Wildman–Crippen LogP) is 3.23. The number of fused-ring (bicyclic) bond motifs is 1. The first-order valence-electron chi connectivity index (χ1n) is 9.34. The molecular formula is C19H26F2N2O3S. The fourth-order valence-electron chi connectivity index (χ4n) is 3.55. The standard InChI is InChI=1S/C19H26F2N2O3S/c1-14-6-9-23(10-7-14)11-8-22-27(24,25)18-5-3-15-12-17(26-19(20)21)4-2-16(15)13-18/h2,4,12-14,19,22H,3,5-11H2,1H3. The van der Waals surface area contributed by atoms with E-state index in [4.69, 9.17) is 0 Å². The van der Waals surface area contributed by atoms with Crippen LogP contribution < -0.4 is 9.46 Å². The van der Waals surface area contributed by atoms with Gasteiger partial charge in [-0.15, -0.1) is 0 Å². The molecule has 2 aliphatic rings. The van der Waals surface area contributed by atoms with E-state index in [1.54, 1.807) is 18.2 Å². The predicted molar refractivity (Wildman–Crippen MR) is 101 cm³/mol. The number of likely N-dealkylation sites (tertiary alicyclic amines) is 1. The lowest BCUT2D eigenvalue weighted by molar-refractivity contribution is -0.0498. The third-order valence-electron chi connectivity index (χ3n) is 5.24. The van der Waals surface area contributed by atoms with Crippen molar-refractivity contribution in [2.45, 2.75) is 39.2 Å². The zero-order valence-electron chi connectivity index (χ0n) is 15.5. The van der Waals surface area contributed by atoms with Gasteiger partial charge in [-0.2, -0.15) is 8.78 Å². The maximum Gasteiger partial charge on any atom is 0.387 e. The van der Waals surface area contributed by atoms with Crippen molar-refractivity contribution in [3.05, 3.63) is 34.2 Å². The Morgan fingerprint density at radius 2 is 2.00 bits per heavy atom. The van der Waals surface area contributed by atoms with E-state index in [2.05, 4.69) is 21.3 Å². The van der Waals surface area contributed by atoms with Gasteiger partial charge in [0.15, 0.2) is 0 Å². The van der Waals surface area contributed by atoms with E-state index in [0.29, 0.717) is 30.8 Å². The SMILES string of the molecule is CC1CCN(CCNS(=O)(=O)C2=Cc3ccc(OC(F)F)cc3CC2)CC1. The van der Waals surface area contributed by atoms with Gasteiger partial charge in [0.05, 0.1) is 4.91 Å². The number of piperidine rings is 1. The Balaban J connectivity index is 1.59. The van der Waals surface area contributed by atoms with Crippen LogP contribution in [0.3, 0.4) is 0 Å². The summed E-state index contributed by atoms with van der Waals surface area (Å²) in [6.07, 6.45) is 4.77. The molecule has 27 heavy (non-hydrogen) atoms. The van der Waals surface area contributed by atoms with E-state index < -0.39 is 16.6 Å². The van der Waals surface area contributed by atoms with Gasteiger partial charge in [-0.25, -0.2) is 13.1 Å². The van der Waals surface area contributed by atoms with Crippen molar-refractivity contribution in [2.24, 2.45) is 5.92 Å². The maximum atomic E-state index is 12.6. The summed E-state index contributed by atoms with van der Waals surface area (Å²) in [6.45, 7) is 2.51. The highest BCUT2D eigenvalue weighted by Gasteiger charge is 2.23. The van der Waals surface area contributed by atoms with Gasteiger partial charge in [-0.1, -0.05) is 13.0 Å². The molecule has 8 heteroatoms. The van der Waals surface area contributed by atoms with Crippen LogP contribution in [0, 0.1) is 5.92 Å². The summed E-state index contributed by atoms with van der Waals surface area (Å²) in [7, 11) is -3.53. The van der Waals surface area contributed by atoms with E-state index in [-0.39, 0.29) is 5.75 Å². The number of halogens is 2. The van der Waals surface area contributed by atoms with Crippen molar-refractivity contribution < 1.29 is 21.9 Å². The number of benzene rings is 1. The smallest absolute Gasteiger partial charge is 0.387 e. The average Bonchev–Trinajstić information content (AvgIpc) is 2.62. The molecule has 0 aromatic heterocycles. The van der Waals surface area contributed by atoms with Crippen LogP contribution in [0.15, 0.2) is 23.1 Å². The molecule has 0 bridgehead atoms. The van der Waals surface area contributed by atoms with Gasteiger partial charge in [0.2, 0.25) is 10.0 Å². The van der Waals surface area contributed by atoms with Crippen molar-refractivity contribution in [1.29, 1.82) is 0 Å². The lowest BCUT2D eigenvalue weighted by atomic mass is 9.97. The van der Waals surface area contributed by atoms with E-state index in [9.17, 15) is 17.2 Å². The number of sulfonamides is 1. The molecule has 1 aliphatic carbocycles. The van der Waals surface area contributed by atoms with Crippen LogP contribution in [0.4, 0.5) is 8.78 Å². The molecule has 1 heterocycles. The van der Waals surface area contributed by atoms with Crippen LogP contribution in [0.2, 0.25) is 0 Å². The summed E-state index contributed by atoms with van der Waals surface area (Å²) in [5.74, 6) is 0.842. The normalized spacial score (nSPS) is 19.0. The summed E-state index contributed by atoms with van der Waals surface area (Å²) >= 11 is 0. The van der Waals surface area contributed by atoms with Crippen LogP contribution in [-0.2, 0) is 16.4 Å². The molecule has 1 N–H and O–H groups in total. The fraction of sp³-hybridized carbons (Fsp3) is 0.579. The molecule has 0 unspecified atom stereocenters. The highest BCUT2D eigenvalue weighted by atomic mass is 32.2. The van der Waals surface area contributed by atoms with Gasteiger partial charge in [-0.05, 0) is 74.0 Å². The molecule has 1 aromatic carbocycles. The number of allylic oxidation sites excluding steroid dienone is 1. The van der Waals surface area contributed by atoms with Crippen LogP contribution in [0.25, 0.3) is 6.08 Å². The molecule has 0 spiro atoms. The highest BCUT2D eigenvalue weighted by Crippen LogP contribution is 2.30. The van der Waals surface area contributed by atoms with Crippen LogP contribution in [0.5, 0.6) is 5.75 Å². The van der Waals surface area contributed by atoms with E-state index in [1.807, 2.05) is 0 Å². The molecule has 5 nitrogen and oxygen atoms in total. The second-order valence-electron chi connectivity index (χ2n) is 7.27. The van der Waals surface area contributed by atoms with Gasteiger partial charge in [0.1, 0.15) is 5.75 Å². The number of hydrogen-bond acceptors (Lipinski definition) is 4. The third kappa shape index (κ3) is 5.49. The third-order valence-corrected chi connectivity index (χ3v) is 6.83. The summed E-state index contributed by atoms with van der Waals surface area (Å²) in [4.78, 5) is 2.63. The maximum absolute atomic E-state index is 12.6. The highest BCUT2D eigenvalue weighted by molar-refractivity contribution is 7.93. The Morgan fingerprint density at radius 1 is 1.26 bits per heavy atom. The van der Waals surface area contributed by atoms with Crippen LogP contribution >= 0.6 is 0 Å². The minimum Gasteiger partial charge on any atom is -0.435 e. The first kappa shape index (κ1) is 20.2. The lowest BCUT2D eigenvalue weighted by Gasteiger charge is -2.30. The number of aryl methyl sites for hydroxylation is 1. The first-order valence-corrected chi connectivity index (χ1v) is 10.8. The minimum atomic E-state index is -3.53. The quantitative estimate of drug-likeness (QED) is 0.764. The number of nitrogens with one attached hydrogen (secondary N) is 1. The molecule has 0 atom stereocenters. The number of alkyl halides is 2. The number of rotatable bonds is 7. The second-order valence-corrected chi connectivity index (χ2v) is 9.09. The summed E-state index contributed by atoms with van der Waals surface area (Å²) in [5.41, 5.74) is 1.54. The van der Waals surface area contributed by atoms with Crippen LogP contribution in [0.1, 0.15) is 37.3 Å². The van der Waals surface area contributed by atoms with E-state index in [1.165, 1.54) is 6.07 Å². The Kier molecular flexibility index (Phi) is 6.49. The average molecular weight is 400 g/mol. The van der Waals surface area contributed by atoms with Crippen molar-refractivity contribution in [1.82, 2.24) is 9.62 Å². The van der Waals surface area contributed by atoms with Crippen molar-refractivity contribution in [3.63, 3.8) is 0 Å². The summed E-state index contributed by atoms with van der Waals surface area (Å²) < 4.78 is 56.9. The summed E-state index contributed by atoms with van der Waals surface area (Å²) in [5, 5.41) is 0. The molecule has 150 valence electrons. The molecule has 0 radical (unpaired) electrons. The van der Waals surface area contributed by atoms with Crippen molar-refractivity contribution in [2.75, 3.05) is 26.2 Å². The Hall–Kier alpha value is -1.51. The van der Waals surface area contributed by atoms with Gasteiger partial charge < -0.3 is 9.64 Å². The number of hydrogen-bond donors (Lipinski definition) is 1.